The lowest BCUT2D eigenvalue weighted by Crippen LogP contribution is -2.39. The number of hydrogen-bond donors (Lipinski definition) is 0. The fraction of sp³-hybridized carbons (Fsp3) is 0.316. The molecule has 3 aromatic rings. The van der Waals surface area contributed by atoms with Crippen molar-refractivity contribution in [3.05, 3.63) is 64.1 Å². The van der Waals surface area contributed by atoms with Crippen molar-refractivity contribution >= 4 is 28.8 Å². The number of nitrogens with zero attached hydrogens (tertiary/aromatic N) is 4. The van der Waals surface area contributed by atoms with E-state index in [1.54, 1.807) is 18.3 Å². The molecule has 4 rings (SSSR count). The van der Waals surface area contributed by atoms with E-state index in [0.717, 1.165) is 36.7 Å². The van der Waals surface area contributed by atoms with Gasteiger partial charge in [0.05, 0.1) is 6.33 Å². The summed E-state index contributed by atoms with van der Waals surface area (Å²) in [5, 5.41) is 3.26. The van der Waals surface area contributed by atoms with Crippen LogP contribution in [0.1, 0.15) is 34.4 Å². The van der Waals surface area contributed by atoms with Crippen molar-refractivity contribution in [1.29, 1.82) is 0 Å². The molecule has 27 heavy (non-hydrogen) atoms. The fourth-order valence-electron chi connectivity index (χ4n) is 3.17. The first-order valence-electron chi connectivity index (χ1n) is 8.78. The van der Waals surface area contributed by atoms with Crippen LogP contribution in [0.4, 0.5) is 0 Å². The van der Waals surface area contributed by atoms with Crippen LogP contribution in [-0.4, -0.2) is 38.4 Å². The number of imidazole rings is 1. The van der Waals surface area contributed by atoms with Gasteiger partial charge >= 0.3 is 0 Å². The zero-order valence-electron chi connectivity index (χ0n) is 14.6. The summed E-state index contributed by atoms with van der Waals surface area (Å²) in [5.41, 5.74) is 0.496. The van der Waals surface area contributed by atoms with Crippen molar-refractivity contribution < 1.29 is 9.53 Å². The molecule has 6 nitrogen and oxygen atoms in total. The molecule has 1 aliphatic heterocycles. The van der Waals surface area contributed by atoms with Crippen molar-refractivity contribution in [2.24, 2.45) is 0 Å². The number of amides is 1. The lowest BCUT2D eigenvalue weighted by atomic mass is 10.0. The van der Waals surface area contributed by atoms with Gasteiger partial charge in [-0.3, -0.25) is 4.79 Å². The molecule has 1 saturated heterocycles. The number of rotatable bonds is 5. The smallest absolute Gasteiger partial charge is 0.273 e. The predicted octanol–water partition coefficient (Wildman–Crippen LogP) is 4.05. The molecule has 0 saturated carbocycles. The molecular weight excluding hydrogens is 384 g/mol. The first-order chi connectivity index (χ1) is 13.2. The highest BCUT2D eigenvalue weighted by Gasteiger charge is 2.25. The van der Waals surface area contributed by atoms with E-state index in [2.05, 4.69) is 14.5 Å². The first kappa shape index (κ1) is 18.0. The number of thiazole rings is 1. The number of carbonyl (C=O) groups is 1. The molecule has 1 aliphatic rings. The summed E-state index contributed by atoms with van der Waals surface area (Å²) in [5.74, 6) is 0.720. The van der Waals surface area contributed by atoms with Crippen LogP contribution in [0, 0.1) is 0 Å². The molecule has 0 bridgehead atoms. The molecule has 1 aromatic carbocycles. The Labute approximate surface area is 166 Å². The Bertz CT molecular complexity index is 887. The summed E-state index contributed by atoms with van der Waals surface area (Å²) in [7, 11) is 0. The van der Waals surface area contributed by atoms with E-state index in [1.165, 1.54) is 11.3 Å². The SMILES string of the molecule is O=C(c1csc(COc2ccc(Cl)cc2)n1)N1CCC(n2ccnc2)CC1. The van der Waals surface area contributed by atoms with Crippen LogP contribution in [-0.2, 0) is 6.61 Å². The minimum atomic E-state index is -0.00641. The van der Waals surface area contributed by atoms with Gasteiger partial charge in [0.2, 0.25) is 0 Å². The quantitative estimate of drug-likeness (QED) is 0.646. The van der Waals surface area contributed by atoms with Crippen molar-refractivity contribution in [2.75, 3.05) is 13.1 Å². The molecule has 0 atom stereocenters. The summed E-state index contributed by atoms with van der Waals surface area (Å²) < 4.78 is 7.82. The molecule has 0 radical (unpaired) electrons. The third-order valence-electron chi connectivity index (χ3n) is 4.65. The van der Waals surface area contributed by atoms with Gasteiger partial charge in [-0.25, -0.2) is 9.97 Å². The molecular formula is C19H19ClN4O2S. The maximum Gasteiger partial charge on any atom is 0.273 e. The second-order valence-corrected chi connectivity index (χ2v) is 7.78. The summed E-state index contributed by atoms with van der Waals surface area (Å²) in [6.45, 7) is 1.80. The normalized spacial score (nSPS) is 15.1. The van der Waals surface area contributed by atoms with Gasteiger partial charge in [0.15, 0.2) is 0 Å². The van der Waals surface area contributed by atoms with E-state index in [1.807, 2.05) is 34.9 Å². The Hall–Kier alpha value is -2.38. The molecule has 1 amide bonds. The first-order valence-corrected chi connectivity index (χ1v) is 10.0. The Morgan fingerprint density at radius 2 is 2.04 bits per heavy atom. The summed E-state index contributed by atoms with van der Waals surface area (Å²) >= 11 is 7.31. The van der Waals surface area contributed by atoms with Gasteiger partial charge in [0.25, 0.3) is 5.91 Å². The lowest BCUT2D eigenvalue weighted by Gasteiger charge is -2.32. The Morgan fingerprint density at radius 3 is 2.74 bits per heavy atom. The molecule has 3 heterocycles. The van der Waals surface area contributed by atoms with Crippen LogP contribution in [0.2, 0.25) is 5.02 Å². The predicted molar refractivity (Wildman–Crippen MR) is 104 cm³/mol. The second kappa shape index (κ2) is 8.10. The molecule has 140 valence electrons. The van der Waals surface area contributed by atoms with Gasteiger partial charge in [-0.1, -0.05) is 11.6 Å². The number of ether oxygens (including phenoxy) is 1. The molecule has 8 heteroatoms. The number of aromatic nitrogens is 3. The van der Waals surface area contributed by atoms with Crippen LogP contribution < -0.4 is 4.74 Å². The van der Waals surface area contributed by atoms with Crippen LogP contribution in [0.5, 0.6) is 5.75 Å². The average Bonchev–Trinajstić information content (AvgIpc) is 3.39. The van der Waals surface area contributed by atoms with Crippen LogP contribution in [0.3, 0.4) is 0 Å². The summed E-state index contributed by atoms with van der Waals surface area (Å²) in [6.07, 6.45) is 7.48. The van der Waals surface area contributed by atoms with Gasteiger partial charge in [-0.15, -0.1) is 11.3 Å². The summed E-state index contributed by atoms with van der Waals surface area (Å²) in [6, 6.07) is 7.59. The molecule has 2 aromatic heterocycles. The molecule has 1 fully saturated rings. The monoisotopic (exact) mass is 402 g/mol. The highest BCUT2D eigenvalue weighted by atomic mass is 35.5. The molecule has 0 unspecified atom stereocenters. The van der Waals surface area contributed by atoms with Gasteiger partial charge in [0, 0.05) is 41.9 Å². The number of carbonyl (C=O) groups excluding carboxylic acids is 1. The zero-order chi connectivity index (χ0) is 18.6. The molecule has 0 aliphatic carbocycles. The van der Waals surface area contributed by atoms with Gasteiger partial charge < -0.3 is 14.2 Å². The summed E-state index contributed by atoms with van der Waals surface area (Å²) in [4.78, 5) is 23.1. The number of piperidine rings is 1. The lowest BCUT2D eigenvalue weighted by molar-refractivity contribution is 0.0689. The minimum Gasteiger partial charge on any atom is -0.486 e. The topological polar surface area (TPSA) is 60.2 Å². The average molecular weight is 403 g/mol. The highest BCUT2D eigenvalue weighted by molar-refractivity contribution is 7.09. The number of benzene rings is 1. The number of halogens is 1. The standard InChI is InChI=1S/C19H19ClN4O2S/c20-14-1-3-16(4-2-14)26-11-18-22-17(12-27-18)19(25)23-8-5-15(6-9-23)24-10-7-21-13-24/h1-4,7,10,12-13,15H,5-6,8-9,11H2. The van der Waals surface area contributed by atoms with Crippen molar-refractivity contribution in [1.82, 2.24) is 19.4 Å². The van der Waals surface area contributed by atoms with Crippen molar-refractivity contribution in [2.45, 2.75) is 25.5 Å². The Morgan fingerprint density at radius 1 is 1.26 bits per heavy atom. The van der Waals surface area contributed by atoms with Gasteiger partial charge in [0.1, 0.15) is 23.1 Å². The Balaban J connectivity index is 1.31. The number of hydrogen-bond acceptors (Lipinski definition) is 5. The largest absolute Gasteiger partial charge is 0.486 e. The van der Waals surface area contributed by atoms with E-state index in [9.17, 15) is 4.79 Å². The van der Waals surface area contributed by atoms with E-state index in [0.29, 0.717) is 23.4 Å². The van der Waals surface area contributed by atoms with E-state index < -0.39 is 0 Å². The highest BCUT2D eigenvalue weighted by Crippen LogP contribution is 2.24. The molecule has 0 spiro atoms. The third kappa shape index (κ3) is 4.31. The van der Waals surface area contributed by atoms with E-state index >= 15 is 0 Å². The number of likely N-dealkylation sites (tertiary alicyclic amines) is 1. The fourth-order valence-corrected chi connectivity index (χ4v) is 3.97. The maximum absolute atomic E-state index is 12.7. The minimum absolute atomic E-state index is 0.00641. The maximum atomic E-state index is 12.7. The van der Waals surface area contributed by atoms with Crippen LogP contribution >= 0.6 is 22.9 Å². The van der Waals surface area contributed by atoms with Crippen LogP contribution in [0.15, 0.2) is 48.4 Å². The van der Waals surface area contributed by atoms with Crippen molar-refractivity contribution in [3.8, 4) is 5.75 Å². The van der Waals surface area contributed by atoms with E-state index in [-0.39, 0.29) is 5.91 Å². The Kier molecular flexibility index (Phi) is 5.40. The van der Waals surface area contributed by atoms with Gasteiger partial charge in [-0.2, -0.15) is 0 Å². The van der Waals surface area contributed by atoms with E-state index in [4.69, 9.17) is 16.3 Å². The second-order valence-electron chi connectivity index (χ2n) is 6.40. The third-order valence-corrected chi connectivity index (χ3v) is 5.72. The van der Waals surface area contributed by atoms with Crippen LogP contribution in [0.25, 0.3) is 0 Å². The van der Waals surface area contributed by atoms with Gasteiger partial charge in [-0.05, 0) is 37.1 Å². The molecule has 0 N–H and O–H groups in total. The zero-order valence-corrected chi connectivity index (χ0v) is 16.2. The van der Waals surface area contributed by atoms with Crippen molar-refractivity contribution in [3.63, 3.8) is 0 Å².